The van der Waals surface area contributed by atoms with Gasteiger partial charge in [0, 0.05) is 6.07 Å². The number of benzene rings is 2. The molecule has 0 atom stereocenters. The van der Waals surface area contributed by atoms with Crippen molar-refractivity contribution in [2.24, 2.45) is 0 Å². The van der Waals surface area contributed by atoms with E-state index in [4.69, 9.17) is 5.73 Å². The third kappa shape index (κ3) is 2.33. The molecular formula is C12H9F3N2. The van der Waals surface area contributed by atoms with Gasteiger partial charge in [0.25, 0.3) is 0 Å². The molecule has 17 heavy (non-hydrogen) atoms. The molecule has 0 aliphatic carbocycles. The van der Waals surface area contributed by atoms with Crippen LogP contribution in [-0.2, 0) is 0 Å². The molecule has 5 heteroatoms. The van der Waals surface area contributed by atoms with E-state index in [1.54, 1.807) is 0 Å². The van der Waals surface area contributed by atoms with Gasteiger partial charge in [0.05, 0.1) is 17.1 Å². The minimum atomic E-state index is -0.770. The van der Waals surface area contributed by atoms with Gasteiger partial charge in [0.2, 0.25) is 0 Å². The highest BCUT2D eigenvalue weighted by atomic mass is 19.1. The fourth-order valence-corrected chi connectivity index (χ4v) is 1.38. The summed E-state index contributed by atoms with van der Waals surface area (Å²) < 4.78 is 39.1. The number of nitrogen functional groups attached to an aromatic ring is 1. The lowest BCUT2D eigenvalue weighted by Gasteiger charge is -2.10. The number of nitrogens with one attached hydrogen (secondary N) is 1. The second-order valence-corrected chi connectivity index (χ2v) is 3.45. The van der Waals surface area contributed by atoms with Crippen LogP contribution in [0.1, 0.15) is 0 Å². The molecule has 0 bridgehead atoms. The van der Waals surface area contributed by atoms with Gasteiger partial charge in [-0.3, -0.25) is 0 Å². The van der Waals surface area contributed by atoms with Crippen molar-refractivity contribution in [1.29, 1.82) is 0 Å². The molecule has 0 aliphatic heterocycles. The van der Waals surface area contributed by atoms with Crippen LogP contribution in [0.3, 0.4) is 0 Å². The fourth-order valence-electron chi connectivity index (χ4n) is 1.38. The molecule has 0 unspecified atom stereocenters. The van der Waals surface area contributed by atoms with Crippen molar-refractivity contribution in [3.8, 4) is 0 Å². The molecule has 0 amide bonds. The van der Waals surface area contributed by atoms with Gasteiger partial charge in [-0.15, -0.1) is 0 Å². The Morgan fingerprint density at radius 1 is 0.882 bits per heavy atom. The Morgan fingerprint density at radius 2 is 1.65 bits per heavy atom. The lowest BCUT2D eigenvalue weighted by atomic mass is 10.2. The van der Waals surface area contributed by atoms with Crippen LogP contribution in [0.2, 0.25) is 0 Å². The third-order valence-corrected chi connectivity index (χ3v) is 2.25. The molecule has 2 rings (SSSR count). The molecule has 0 aromatic heterocycles. The van der Waals surface area contributed by atoms with E-state index in [0.717, 1.165) is 12.1 Å². The molecule has 2 aromatic carbocycles. The van der Waals surface area contributed by atoms with Crippen LogP contribution >= 0.6 is 0 Å². The largest absolute Gasteiger partial charge is 0.395 e. The Balaban J connectivity index is 2.35. The molecule has 2 nitrogen and oxygen atoms in total. The molecule has 0 aliphatic rings. The molecule has 0 radical (unpaired) electrons. The lowest BCUT2D eigenvalue weighted by molar-refractivity contribution is 0.586. The van der Waals surface area contributed by atoms with Gasteiger partial charge in [-0.2, -0.15) is 0 Å². The second kappa shape index (κ2) is 4.37. The number of rotatable bonds is 2. The molecule has 0 spiro atoms. The summed E-state index contributed by atoms with van der Waals surface area (Å²) in [5.74, 6) is -2.05. The predicted molar refractivity (Wildman–Crippen MR) is 60.5 cm³/mol. The van der Waals surface area contributed by atoms with Gasteiger partial charge in [-0.05, 0) is 24.3 Å². The lowest BCUT2D eigenvalue weighted by Crippen LogP contribution is -2.00. The summed E-state index contributed by atoms with van der Waals surface area (Å²) in [7, 11) is 0. The topological polar surface area (TPSA) is 38.0 Å². The fraction of sp³-hybridized carbons (Fsp3) is 0. The molecule has 0 saturated heterocycles. The molecule has 0 fully saturated rings. The Labute approximate surface area is 95.9 Å². The standard InChI is InChI=1S/C12H9F3N2/c13-7-4-5-10(9(15)6-7)17-11-3-1-2-8(14)12(11)16/h1-6,17H,16H2. The molecule has 2 aromatic rings. The first-order valence-electron chi connectivity index (χ1n) is 4.84. The van der Waals surface area contributed by atoms with E-state index >= 15 is 0 Å². The maximum atomic E-state index is 13.3. The van der Waals surface area contributed by atoms with Crippen LogP contribution in [0.25, 0.3) is 0 Å². The summed E-state index contributed by atoms with van der Waals surface area (Å²) in [6.07, 6.45) is 0. The summed E-state index contributed by atoms with van der Waals surface area (Å²) in [5.41, 5.74) is 5.62. The SMILES string of the molecule is Nc1c(F)cccc1Nc1ccc(F)cc1F. The van der Waals surface area contributed by atoms with Crippen molar-refractivity contribution in [3.05, 3.63) is 53.8 Å². The minimum absolute atomic E-state index is 0.0312. The average Bonchev–Trinajstić information content (AvgIpc) is 2.28. The van der Waals surface area contributed by atoms with E-state index in [-0.39, 0.29) is 17.1 Å². The average molecular weight is 238 g/mol. The van der Waals surface area contributed by atoms with Crippen LogP contribution in [0.15, 0.2) is 36.4 Å². The van der Waals surface area contributed by atoms with Crippen molar-refractivity contribution < 1.29 is 13.2 Å². The number of anilines is 3. The van der Waals surface area contributed by atoms with E-state index in [9.17, 15) is 13.2 Å². The number of hydrogen-bond acceptors (Lipinski definition) is 2. The van der Waals surface area contributed by atoms with E-state index < -0.39 is 17.5 Å². The zero-order chi connectivity index (χ0) is 12.4. The summed E-state index contributed by atoms with van der Waals surface area (Å²) in [6.45, 7) is 0. The molecule has 88 valence electrons. The van der Waals surface area contributed by atoms with Gasteiger partial charge in [-0.1, -0.05) is 6.07 Å². The van der Waals surface area contributed by atoms with Crippen molar-refractivity contribution in [2.45, 2.75) is 0 Å². The Bertz CT molecular complexity index is 555. The second-order valence-electron chi connectivity index (χ2n) is 3.45. The van der Waals surface area contributed by atoms with E-state index in [1.807, 2.05) is 0 Å². The minimum Gasteiger partial charge on any atom is -0.395 e. The molecular weight excluding hydrogens is 229 g/mol. The number of halogens is 3. The highest BCUT2D eigenvalue weighted by Gasteiger charge is 2.08. The molecule has 0 heterocycles. The van der Waals surface area contributed by atoms with Crippen molar-refractivity contribution in [1.82, 2.24) is 0 Å². The van der Waals surface area contributed by atoms with Crippen molar-refractivity contribution >= 4 is 17.1 Å². The first kappa shape index (κ1) is 11.3. The maximum absolute atomic E-state index is 13.3. The molecule has 0 saturated carbocycles. The summed E-state index contributed by atoms with van der Waals surface area (Å²) in [6, 6.07) is 7.19. The van der Waals surface area contributed by atoms with Crippen LogP contribution in [-0.4, -0.2) is 0 Å². The van der Waals surface area contributed by atoms with E-state index in [2.05, 4.69) is 5.32 Å². The van der Waals surface area contributed by atoms with Crippen LogP contribution < -0.4 is 11.1 Å². The zero-order valence-corrected chi connectivity index (χ0v) is 8.68. The van der Waals surface area contributed by atoms with E-state index in [1.165, 1.54) is 24.3 Å². The number of para-hydroxylation sites is 1. The third-order valence-electron chi connectivity index (χ3n) is 2.25. The van der Waals surface area contributed by atoms with Crippen molar-refractivity contribution in [2.75, 3.05) is 11.1 Å². The Kier molecular flexibility index (Phi) is 2.91. The van der Waals surface area contributed by atoms with Crippen LogP contribution in [0.4, 0.5) is 30.2 Å². The first-order chi connectivity index (χ1) is 8.08. The van der Waals surface area contributed by atoms with Gasteiger partial charge in [0.15, 0.2) is 0 Å². The normalized spacial score (nSPS) is 10.3. The smallest absolute Gasteiger partial charge is 0.149 e. The van der Waals surface area contributed by atoms with E-state index in [0.29, 0.717) is 0 Å². The zero-order valence-electron chi connectivity index (χ0n) is 8.68. The summed E-state index contributed by atoms with van der Waals surface area (Å²) in [4.78, 5) is 0. The monoisotopic (exact) mass is 238 g/mol. The Hall–Kier alpha value is -2.17. The van der Waals surface area contributed by atoms with Gasteiger partial charge in [0.1, 0.15) is 17.5 Å². The first-order valence-corrected chi connectivity index (χ1v) is 4.84. The molecule has 3 N–H and O–H groups in total. The number of nitrogens with two attached hydrogens (primary N) is 1. The predicted octanol–water partition coefficient (Wildman–Crippen LogP) is 3.43. The summed E-state index contributed by atoms with van der Waals surface area (Å²) >= 11 is 0. The van der Waals surface area contributed by atoms with Gasteiger partial charge >= 0.3 is 0 Å². The van der Waals surface area contributed by atoms with Crippen molar-refractivity contribution in [3.63, 3.8) is 0 Å². The highest BCUT2D eigenvalue weighted by molar-refractivity contribution is 5.72. The Morgan fingerprint density at radius 3 is 2.35 bits per heavy atom. The summed E-state index contributed by atoms with van der Waals surface area (Å²) in [5, 5.41) is 2.60. The van der Waals surface area contributed by atoms with Crippen LogP contribution in [0, 0.1) is 17.5 Å². The highest BCUT2D eigenvalue weighted by Crippen LogP contribution is 2.26. The van der Waals surface area contributed by atoms with Gasteiger partial charge < -0.3 is 11.1 Å². The number of hydrogen-bond donors (Lipinski definition) is 2. The van der Waals surface area contributed by atoms with Gasteiger partial charge in [-0.25, -0.2) is 13.2 Å². The quantitative estimate of drug-likeness (QED) is 0.786. The maximum Gasteiger partial charge on any atom is 0.149 e. The van der Waals surface area contributed by atoms with Crippen LogP contribution in [0.5, 0.6) is 0 Å².